The Balaban J connectivity index is 1.78. The Morgan fingerprint density at radius 2 is 1.97 bits per heavy atom. The van der Waals surface area contributed by atoms with Crippen LogP contribution in [0.1, 0.15) is 27.7 Å². The monoisotopic (exact) mass is 418 g/mol. The second-order valence-corrected chi connectivity index (χ2v) is 8.18. The van der Waals surface area contributed by atoms with Gasteiger partial charge < -0.3 is 4.42 Å². The first-order chi connectivity index (χ1) is 14.6. The predicted octanol–water partition coefficient (Wildman–Crippen LogP) is 4.12. The van der Waals surface area contributed by atoms with Crippen molar-refractivity contribution in [1.29, 1.82) is 0 Å². The first-order valence-electron chi connectivity index (χ1n) is 9.62. The number of ketones is 1. The van der Waals surface area contributed by atoms with Crippen molar-refractivity contribution in [2.75, 3.05) is 0 Å². The molecule has 0 saturated carbocycles. The van der Waals surface area contributed by atoms with Crippen molar-refractivity contribution in [1.82, 2.24) is 19.2 Å². The minimum absolute atomic E-state index is 0.0612. The van der Waals surface area contributed by atoms with E-state index in [9.17, 15) is 9.59 Å². The lowest BCUT2D eigenvalue weighted by Crippen LogP contribution is -2.30. The molecule has 7 nitrogen and oxygen atoms in total. The quantitative estimate of drug-likeness (QED) is 0.401. The highest BCUT2D eigenvalue weighted by Gasteiger charge is 2.23. The summed E-state index contributed by atoms with van der Waals surface area (Å²) in [6.45, 7) is 4.03. The Labute approximate surface area is 175 Å². The van der Waals surface area contributed by atoms with Gasteiger partial charge in [0.25, 0.3) is 0 Å². The fourth-order valence-electron chi connectivity index (χ4n) is 3.73. The second-order valence-electron chi connectivity index (χ2n) is 6.98. The number of furan rings is 1. The molecular weight excluding hydrogens is 400 g/mol. The van der Waals surface area contributed by atoms with Gasteiger partial charge in [0.1, 0.15) is 4.83 Å². The van der Waals surface area contributed by atoms with Crippen molar-refractivity contribution in [3.05, 3.63) is 75.2 Å². The van der Waals surface area contributed by atoms with E-state index >= 15 is 0 Å². The van der Waals surface area contributed by atoms with Crippen LogP contribution < -0.4 is 5.69 Å². The fourth-order valence-corrected chi connectivity index (χ4v) is 4.96. The van der Waals surface area contributed by atoms with E-state index in [1.807, 2.05) is 25.1 Å². The zero-order valence-electron chi connectivity index (χ0n) is 16.5. The van der Waals surface area contributed by atoms with Gasteiger partial charge >= 0.3 is 5.69 Å². The van der Waals surface area contributed by atoms with Crippen LogP contribution in [0, 0.1) is 6.92 Å². The van der Waals surface area contributed by atoms with E-state index in [1.165, 1.54) is 20.4 Å². The summed E-state index contributed by atoms with van der Waals surface area (Å²) in [5.74, 6) is 0.702. The van der Waals surface area contributed by atoms with E-state index in [0.717, 1.165) is 27.1 Å². The van der Waals surface area contributed by atoms with E-state index in [0.29, 0.717) is 22.8 Å². The van der Waals surface area contributed by atoms with E-state index in [2.05, 4.69) is 17.0 Å². The van der Waals surface area contributed by atoms with Crippen LogP contribution in [0.5, 0.6) is 0 Å². The third-order valence-electron chi connectivity index (χ3n) is 5.17. The van der Waals surface area contributed by atoms with Gasteiger partial charge in [0.15, 0.2) is 17.2 Å². The van der Waals surface area contributed by atoms with E-state index < -0.39 is 5.69 Å². The largest absolute Gasteiger partial charge is 0.461 e. The minimum Gasteiger partial charge on any atom is -0.461 e. The molecule has 0 radical (unpaired) electrons. The molecule has 1 aromatic carbocycles. The molecule has 0 saturated heterocycles. The fraction of sp³-hybridized carbons (Fsp3) is 0.182. The Kier molecular flexibility index (Phi) is 4.36. The molecule has 0 aliphatic rings. The second kappa shape index (κ2) is 7.07. The number of fused-ring (bicyclic) bond motifs is 3. The number of hydrogen-bond acceptors (Lipinski definition) is 6. The Morgan fingerprint density at radius 3 is 2.67 bits per heavy atom. The molecular formula is C22H18N4O3S. The van der Waals surface area contributed by atoms with Crippen molar-refractivity contribution in [2.24, 2.45) is 0 Å². The van der Waals surface area contributed by atoms with Gasteiger partial charge in [0, 0.05) is 10.4 Å². The number of aromatic nitrogens is 4. The van der Waals surface area contributed by atoms with Crippen molar-refractivity contribution in [3.63, 3.8) is 0 Å². The smallest absolute Gasteiger partial charge is 0.352 e. The zero-order valence-corrected chi connectivity index (χ0v) is 17.3. The van der Waals surface area contributed by atoms with E-state index in [1.54, 1.807) is 30.5 Å². The summed E-state index contributed by atoms with van der Waals surface area (Å²) >= 11 is 1.51. The molecule has 0 N–H and O–H groups in total. The number of thiophene rings is 1. The van der Waals surface area contributed by atoms with Crippen LogP contribution in [0.25, 0.3) is 27.4 Å². The normalized spacial score (nSPS) is 11.5. The number of aryl methyl sites for hydroxylation is 2. The van der Waals surface area contributed by atoms with Crippen LogP contribution in [0.2, 0.25) is 0 Å². The zero-order chi connectivity index (χ0) is 20.8. The van der Waals surface area contributed by atoms with Crippen LogP contribution in [-0.2, 0) is 13.0 Å². The Hall–Kier alpha value is -3.52. The third kappa shape index (κ3) is 2.80. The standard InChI is InChI=1S/C22H18N4O3S/c1-3-15-13(2)30-21-18(15)20-23-19(17-10-7-11-29-17)24-26(20)22(28)25(21)12-16(27)14-8-5-4-6-9-14/h4-11H,3,12H2,1-2H3. The van der Waals surface area contributed by atoms with Crippen LogP contribution in [0.3, 0.4) is 0 Å². The van der Waals surface area contributed by atoms with Crippen molar-refractivity contribution < 1.29 is 9.21 Å². The number of hydrogen-bond donors (Lipinski definition) is 0. The molecule has 8 heteroatoms. The molecule has 0 atom stereocenters. The first kappa shape index (κ1) is 18.5. The van der Waals surface area contributed by atoms with Crippen LogP contribution in [-0.4, -0.2) is 24.9 Å². The number of benzene rings is 1. The number of Topliss-reactive ketones (excluding diaryl/α,β-unsaturated/α-hetero) is 1. The third-order valence-corrected chi connectivity index (χ3v) is 6.34. The van der Waals surface area contributed by atoms with Gasteiger partial charge in [0.2, 0.25) is 5.82 Å². The lowest BCUT2D eigenvalue weighted by molar-refractivity contribution is 0.0972. The molecule has 5 aromatic rings. The lowest BCUT2D eigenvalue weighted by Gasteiger charge is -2.08. The molecule has 5 rings (SSSR count). The number of carbonyl (C=O) groups excluding carboxylic acids is 1. The van der Waals surface area contributed by atoms with Gasteiger partial charge in [-0.05, 0) is 31.0 Å². The Bertz CT molecular complexity index is 1440. The molecule has 0 unspecified atom stereocenters. The number of rotatable bonds is 5. The van der Waals surface area contributed by atoms with Crippen molar-refractivity contribution >= 4 is 33.0 Å². The average molecular weight is 418 g/mol. The van der Waals surface area contributed by atoms with Gasteiger partial charge in [-0.15, -0.1) is 16.4 Å². The van der Waals surface area contributed by atoms with Gasteiger partial charge in [-0.25, -0.2) is 9.78 Å². The molecule has 0 spiro atoms. The highest BCUT2D eigenvalue weighted by molar-refractivity contribution is 7.19. The van der Waals surface area contributed by atoms with Crippen LogP contribution >= 0.6 is 11.3 Å². The van der Waals surface area contributed by atoms with Gasteiger partial charge in [-0.3, -0.25) is 9.36 Å². The molecule has 0 bridgehead atoms. The molecule has 0 aliphatic carbocycles. The highest BCUT2D eigenvalue weighted by atomic mass is 32.1. The molecule has 4 aromatic heterocycles. The van der Waals surface area contributed by atoms with Gasteiger partial charge in [0.05, 0.1) is 18.2 Å². The van der Waals surface area contributed by atoms with Crippen LogP contribution in [0.15, 0.2) is 57.9 Å². The molecule has 0 aliphatic heterocycles. The number of carbonyl (C=O) groups is 1. The molecule has 4 heterocycles. The predicted molar refractivity (Wildman–Crippen MR) is 115 cm³/mol. The lowest BCUT2D eigenvalue weighted by atomic mass is 10.1. The van der Waals surface area contributed by atoms with Crippen LogP contribution in [0.4, 0.5) is 0 Å². The SMILES string of the molecule is CCc1c(C)sc2c1c1nc(-c3ccco3)nn1c(=O)n2CC(=O)c1ccccc1. The molecule has 0 amide bonds. The van der Waals surface area contributed by atoms with Crippen molar-refractivity contribution in [3.8, 4) is 11.6 Å². The average Bonchev–Trinajstić information content (AvgIpc) is 3.49. The maximum absolute atomic E-state index is 13.3. The molecule has 150 valence electrons. The van der Waals surface area contributed by atoms with E-state index in [4.69, 9.17) is 4.42 Å². The summed E-state index contributed by atoms with van der Waals surface area (Å²) < 4.78 is 8.21. The minimum atomic E-state index is -0.393. The molecule has 0 fully saturated rings. The summed E-state index contributed by atoms with van der Waals surface area (Å²) in [6.07, 6.45) is 2.33. The highest BCUT2D eigenvalue weighted by Crippen LogP contribution is 2.33. The Morgan fingerprint density at radius 1 is 1.17 bits per heavy atom. The summed E-state index contributed by atoms with van der Waals surface area (Å²) in [5, 5.41) is 5.27. The topological polar surface area (TPSA) is 82.4 Å². The first-order valence-corrected chi connectivity index (χ1v) is 10.4. The summed E-state index contributed by atoms with van der Waals surface area (Å²) in [4.78, 5) is 32.7. The molecule has 30 heavy (non-hydrogen) atoms. The van der Waals surface area contributed by atoms with E-state index in [-0.39, 0.29) is 12.3 Å². The van der Waals surface area contributed by atoms with Crippen molar-refractivity contribution in [2.45, 2.75) is 26.8 Å². The summed E-state index contributed by atoms with van der Waals surface area (Å²) in [5.41, 5.74) is 1.78. The summed E-state index contributed by atoms with van der Waals surface area (Å²) in [7, 11) is 0. The number of nitrogens with zero attached hydrogens (tertiary/aromatic N) is 4. The maximum Gasteiger partial charge on any atom is 0.352 e. The van der Waals surface area contributed by atoms with Gasteiger partial charge in [-0.2, -0.15) is 4.52 Å². The van der Waals surface area contributed by atoms with Gasteiger partial charge in [-0.1, -0.05) is 37.3 Å². The maximum atomic E-state index is 13.3. The summed E-state index contributed by atoms with van der Waals surface area (Å²) in [6, 6.07) is 12.5.